The van der Waals surface area contributed by atoms with Crippen LogP contribution in [0.25, 0.3) is 0 Å². The minimum atomic E-state index is -2.80. The average molecular weight is 300 g/mol. The van der Waals surface area contributed by atoms with E-state index in [0.717, 1.165) is 38.9 Å². The maximum Gasteiger partial charge on any atom is 0.154 e. The molecule has 3 aliphatic heterocycles. The average Bonchev–Trinajstić information content (AvgIpc) is 2.77. The van der Waals surface area contributed by atoms with E-state index < -0.39 is 9.84 Å². The molecule has 3 saturated heterocycles. The molecular weight excluding hydrogens is 272 g/mol. The maximum atomic E-state index is 12.1. The molecule has 0 aliphatic carbocycles. The molecule has 0 aromatic carbocycles. The van der Waals surface area contributed by atoms with Crippen molar-refractivity contribution in [3.05, 3.63) is 0 Å². The SMILES string of the molecule is CCC1CN2CCCCC2CN1CC1CCCS1(=O)=O. The van der Waals surface area contributed by atoms with E-state index >= 15 is 0 Å². The molecule has 0 amide bonds. The first-order chi connectivity index (χ1) is 9.60. The summed E-state index contributed by atoms with van der Waals surface area (Å²) >= 11 is 0. The van der Waals surface area contributed by atoms with Crippen molar-refractivity contribution in [2.24, 2.45) is 0 Å². The number of fused-ring (bicyclic) bond motifs is 1. The summed E-state index contributed by atoms with van der Waals surface area (Å²) in [5.74, 6) is 0.415. The molecule has 0 N–H and O–H groups in total. The maximum absolute atomic E-state index is 12.1. The van der Waals surface area contributed by atoms with Gasteiger partial charge in [-0.25, -0.2) is 8.42 Å². The van der Waals surface area contributed by atoms with Gasteiger partial charge in [-0.05, 0) is 38.6 Å². The van der Waals surface area contributed by atoms with Crippen LogP contribution in [0.3, 0.4) is 0 Å². The van der Waals surface area contributed by atoms with Gasteiger partial charge in [0.2, 0.25) is 0 Å². The smallest absolute Gasteiger partial charge is 0.154 e. The molecule has 3 heterocycles. The minimum Gasteiger partial charge on any atom is -0.298 e. The second-order valence-corrected chi connectivity index (χ2v) is 9.19. The summed E-state index contributed by atoms with van der Waals surface area (Å²) in [7, 11) is -2.80. The molecule has 0 radical (unpaired) electrons. The molecule has 3 fully saturated rings. The van der Waals surface area contributed by atoms with E-state index in [1.165, 1.54) is 25.8 Å². The van der Waals surface area contributed by atoms with E-state index in [0.29, 0.717) is 17.8 Å². The normalized spacial score (nSPS) is 38.8. The molecule has 0 aromatic rings. The van der Waals surface area contributed by atoms with E-state index in [4.69, 9.17) is 0 Å². The molecule has 0 bridgehead atoms. The predicted molar refractivity (Wildman–Crippen MR) is 81.7 cm³/mol. The molecule has 0 aromatic heterocycles. The van der Waals surface area contributed by atoms with Crippen LogP contribution in [-0.2, 0) is 9.84 Å². The van der Waals surface area contributed by atoms with Crippen LogP contribution in [0.15, 0.2) is 0 Å². The van der Waals surface area contributed by atoms with E-state index in [2.05, 4.69) is 16.7 Å². The van der Waals surface area contributed by atoms with E-state index in [9.17, 15) is 8.42 Å². The van der Waals surface area contributed by atoms with Crippen LogP contribution in [-0.4, -0.2) is 67.5 Å². The summed E-state index contributed by atoms with van der Waals surface area (Å²) in [6.07, 6.45) is 6.86. The first-order valence-electron chi connectivity index (χ1n) is 8.30. The van der Waals surface area contributed by atoms with Gasteiger partial charge in [0, 0.05) is 31.7 Å². The fourth-order valence-corrected chi connectivity index (χ4v) is 6.10. The van der Waals surface area contributed by atoms with Gasteiger partial charge in [0.25, 0.3) is 0 Å². The fraction of sp³-hybridized carbons (Fsp3) is 1.00. The summed E-state index contributed by atoms with van der Waals surface area (Å²) in [6.45, 7) is 6.51. The number of piperidine rings is 1. The topological polar surface area (TPSA) is 40.6 Å². The zero-order chi connectivity index (χ0) is 14.2. The molecular formula is C15H28N2O2S. The van der Waals surface area contributed by atoms with Crippen molar-refractivity contribution < 1.29 is 8.42 Å². The van der Waals surface area contributed by atoms with Crippen LogP contribution < -0.4 is 0 Å². The van der Waals surface area contributed by atoms with Crippen LogP contribution in [0.2, 0.25) is 0 Å². The number of nitrogens with zero attached hydrogens (tertiary/aromatic N) is 2. The molecule has 4 nitrogen and oxygen atoms in total. The van der Waals surface area contributed by atoms with Gasteiger partial charge in [0.1, 0.15) is 0 Å². The Balaban J connectivity index is 1.67. The Morgan fingerprint density at radius 3 is 2.65 bits per heavy atom. The van der Waals surface area contributed by atoms with Crippen molar-refractivity contribution >= 4 is 9.84 Å². The van der Waals surface area contributed by atoms with Crippen molar-refractivity contribution in [3.8, 4) is 0 Å². The van der Waals surface area contributed by atoms with Crippen LogP contribution in [0.5, 0.6) is 0 Å². The lowest BCUT2D eigenvalue weighted by Gasteiger charge is -2.49. The summed E-state index contributed by atoms with van der Waals surface area (Å²) < 4.78 is 24.2. The number of sulfone groups is 1. The summed E-state index contributed by atoms with van der Waals surface area (Å²) in [5, 5.41) is -0.0910. The first-order valence-corrected chi connectivity index (χ1v) is 10.0. The van der Waals surface area contributed by atoms with Gasteiger partial charge in [-0.2, -0.15) is 0 Å². The summed E-state index contributed by atoms with van der Waals surface area (Å²) in [6, 6.07) is 1.23. The third-order valence-corrected chi connectivity index (χ3v) is 7.79. The van der Waals surface area contributed by atoms with Crippen LogP contribution in [0, 0.1) is 0 Å². The minimum absolute atomic E-state index is 0.0910. The van der Waals surface area contributed by atoms with E-state index in [1.54, 1.807) is 0 Å². The van der Waals surface area contributed by atoms with Gasteiger partial charge in [0.15, 0.2) is 9.84 Å². The summed E-state index contributed by atoms with van der Waals surface area (Å²) in [5.41, 5.74) is 0. The van der Waals surface area contributed by atoms with Crippen LogP contribution >= 0.6 is 0 Å². The molecule has 3 atom stereocenters. The number of rotatable bonds is 3. The first kappa shape index (κ1) is 14.8. The second kappa shape index (κ2) is 5.93. The van der Waals surface area contributed by atoms with Gasteiger partial charge in [-0.1, -0.05) is 13.3 Å². The highest BCUT2D eigenvalue weighted by molar-refractivity contribution is 7.92. The van der Waals surface area contributed by atoms with Crippen LogP contribution in [0.1, 0.15) is 45.4 Å². The highest BCUT2D eigenvalue weighted by Crippen LogP contribution is 2.28. The van der Waals surface area contributed by atoms with Gasteiger partial charge in [0.05, 0.1) is 11.0 Å². The van der Waals surface area contributed by atoms with Gasteiger partial charge < -0.3 is 0 Å². The Kier molecular flexibility index (Phi) is 4.39. The van der Waals surface area contributed by atoms with E-state index in [-0.39, 0.29) is 5.25 Å². The van der Waals surface area contributed by atoms with Gasteiger partial charge in [-0.15, -0.1) is 0 Å². The monoisotopic (exact) mass is 300 g/mol. The number of piperazine rings is 1. The van der Waals surface area contributed by atoms with Crippen molar-refractivity contribution in [3.63, 3.8) is 0 Å². The standard InChI is InChI=1S/C15H28N2O2S/c1-2-13-10-16-8-4-3-6-14(16)11-17(13)12-15-7-5-9-20(15,18)19/h13-15H,2-12H2,1H3. The Hall–Kier alpha value is -0.130. The highest BCUT2D eigenvalue weighted by Gasteiger charge is 2.38. The third kappa shape index (κ3) is 2.90. The Bertz CT molecular complexity index is 437. The Morgan fingerprint density at radius 1 is 1.10 bits per heavy atom. The zero-order valence-electron chi connectivity index (χ0n) is 12.6. The van der Waals surface area contributed by atoms with Crippen molar-refractivity contribution in [2.75, 3.05) is 31.9 Å². The predicted octanol–water partition coefficient (Wildman–Crippen LogP) is 1.51. The molecule has 3 rings (SSSR count). The molecule has 3 aliphatic rings. The lowest BCUT2D eigenvalue weighted by Crippen LogP contribution is -2.60. The molecule has 0 saturated carbocycles. The lowest BCUT2D eigenvalue weighted by molar-refractivity contribution is 0.00766. The Labute approximate surface area is 123 Å². The molecule has 116 valence electrons. The van der Waals surface area contributed by atoms with E-state index in [1.807, 2.05) is 0 Å². The molecule has 3 unspecified atom stereocenters. The number of hydrogen-bond donors (Lipinski definition) is 0. The number of hydrogen-bond acceptors (Lipinski definition) is 4. The Morgan fingerprint density at radius 2 is 1.95 bits per heavy atom. The lowest BCUT2D eigenvalue weighted by atomic mass is 9.95. The third-order valence-electron chi connectivity index (χ3n) is 5.53. The largest absolute Gasteiger partial charge is 0.298 e. The zero-order valence-corrected chi connectivity index (χ0v) is 13.4. The highest BCUT2D eigenvalue weighted by atomic mass is 32.2. The second-order valence-electron chi connectivity index (χ2n) is 6.79. The quantitative estimate of drug-likeness (QED) is 0.792. The molecule has 20 heavy (non-hydrogen) atoms. The van der Waals surface area contributed by atoms with Crippen molar-refractivity contribution in [2.45, 2.75) is 62.8 Å². The molecule has 5 heteroatoms. The van der Waals surface area contributed by atoms with Gasteiger partial charge in [-0.3, -0.25) is 9.80 Å². The summed E-state index contributed by atoms with van der Waals surface area (Å²) in [4.78, 5) is 5.15. The molecule has 0 spiro atoms. The van der Waals surface area contributed by atoms with Crippen LogP contribution in [0.4, 0.5) is 0 Å². The van der Waals surface area contributed by atoms with Gasteiger partial charge >= 0.3 is 0 Å². The van der Waals surface area contributed by atoms with Crippen molar-refractivity contribution in [1.82, 2.24) is 9.80 Å². The van der Waals surface area contributed by atoms with Crippen molar-refractivity contribution in [1.29, 1.82) is 0 Å². The fourth-order valence-electron chi connectivity index (χ4n) is 4.25.